The van der Waals surface area contributed by atoms with Crippen LogP contribution in [0.15, 0.2) is 30.6 Å². The molecule has 1 unspecified atom stereocenters. The maximum atomic E-state index is 12.9. The molecule has 2 aliphatic heterocycles. The summed E-state index contributed by atoms with van der Waals surface area (Å²) in [5.41, 5.74) is 1.97. The second-order valence-electron chi connectivity index (χ2n) is 11.9. The van der Waals surface area contributed by atoms with Gasteiger partial charge in [-0.3, -0.25) is 9.69 Å². The Morgan fingerprint density at radius 2 is 2.04 bits per heavy atom. The Morgan fingerprint density at radius 3 is 2.73 bits per heavy atom. The maximum absolute atomic E-state index is 12.9. The standard InChI is InChI=1S/C31H34F3N7O3S/c1-30(17-36-27(42)16-44-30)5-8-41-22(14-35)10-19-9-20(26(43-2)12-25(19)41)15-40-6-3-21(4-7-40)39-28-24-11-23(13-31(32,33)34)45-29(24)38-18-37-28/h9-12,18,21H,3-8,13,15-17H2,1-2H3,(H,36,42)(H,37,38,39). The molecule has 14 heteroatoms. The molecule has 1 amide bonds. The molecule has 0 radical (unpaired) electrons. The van der Waals surface area contributed by atoms with Crippen LogP contribution in [-0.2, 0) is 29.0 Å². The Hall–Kier alpha value is -3.93. The van der Waals surface area contributed by atoms with Gasteiger partial charge in [-0.1, -0.05) is 0 Å². The van der Waals surface area contributed by atoms with Crippen molar-refractivity contribution in [2.45, 2.75) is 63.5 Å². The maximum Gasteiger partial charge on any atom is 0.393 e. The van der Waals surface area contributed by atoms with Crippen LogP contribution in [0.25, 0.3) is 21.1 Å². The Balaban J connectivity index is 1.11. The lowest BCUT2D eigenvalue weighted by Gasteiger charge is -2.34. The van der Waals surface area contributed by atoms with E-state index in [1.165, 1.54) is 6.33 Å². The van der Waals surface area contributed by atoms with E-state index in [1.54, 1.807) is 13.2 Å². The van der Waals surface area contributed by atoms with E-state index in [4.69, 9.17) is 9.47 Å². The highest BCUT2D eigenvalue weighted by atomic mass is 32.1. The number of nitriles is 1. The molecule has 0 aliphatic carbocycles. The molecular formula is C31H34F3N7O3S. The molecule has 0 spiro atoms. The zero-order chi connectivity index (χ0) is 31.8. The molecule has 3 aromatic heterocycles. The SMILES string of the molecule is COc1cc2c(cc1CN1CCC(Nc3ncnc4sc(CC(F)(F)F)cc34)CC1)cc(C#N)n2CCC1(C)CNC(=O)CO1. The van der Waals surface area contributed by atoms with Crippen LogP contribution in [0.4, 0.5) is 19.0 Å². The molecule has 1 atom stereocenters. The number of hydrogen-bond donors (Lipinski definition) is 2. The van der Waals surface area contributed by atoms with Gasteiger partial charge in [0.25, 0.3) is 0 Å². The number of thiophene rings is 1. The van der Waals surface area contributed by atoms with Gasteiger partial charge in [-0.25, -0.2) is 9.97 Å². The van der Waals surface area contributed by atoms with Gasteiger partial charge in [0, 0.05) is 60.7 Å². The predicted molar refractivity (Wildman–Crippen MR) is 164 cm³/mol. The molecule has 4 aromatic rings. The number of rotatable bonds is 9. The van der Waals surface area contributed by atoms with Crippen molar-refractivity contribution in [3.05, 3.63) is 46.7 Å². The number of carbonyl (C=O) groups excluding carboxylic acids is 1. The first-order chi connectivity index (χ1) is 21.5. The molecule has 2 fully saturated rings. The number of aromatic nitrogens is 3. The number of carbonyl (C=O) groups is 1. The number of likely N-dealkylation sites (tertiary alicyclic amines) is 1. The van der Waals surface area contributed by atoms with Crippen molar-refractivity contribution in [1.29, 1.82) is 5.26 Å². The van der Waals surface area contributed by atoms with Crippen LogP contribution in [0.3, 0.4) is 0 Å². The zero-order valence-electron chi connectivity index (χ0n) is 25.0. The Labute approximate surface area is 262 Å². The lowest BCUT2D eigenvalue weighted by atomic mass is 10.0. The zero-order valence-corrected chi connectivity index (χ0v) is 25.9. The minimum absolute atomic E-state index is 0.0316. The average molecular weight is 642 g/mol. The molecule has 10 nitrogen and oxygen atoms in total. The quantitative estimate of drug-likeness (QED) is 0.262. The van der Waals surface area contributed by atoms with Crippen LogP contribution in [0.2, 0.25) is 0 Å². The van der Waals surface area contributed by atoms with Gasteiger partial charge in [0.2, 0.25) is 5.91 Å². The highest BCUT2D eigenvalue weighted by Gasteiger charge is 2.32. The fourth-order valence-corrected chi connectivity index (χ4v) is 7.12. The van der Waals surface area contributed by atoms with E-state index < -0.39 is 18.2 Å². The van der Waals surface area contributed by atoms with Crippen molar-refractivity contribution >= 4 is 44.2 Å². The highest BCUT2D eigenvalue weighted by molar-refractivity contribution is 7.18. The fraction of sp³-hybridized carbons (Fsp3) is 0.484. The summed E-state index contributed by atoms with van der Waals surface area (Å²) in [5, 5.41) is 17.8. The van der Waals surface area contributed by atoms with Crippen molar-refractivity contribution in [2.75, 3.05) is 38.7 Å². The van der Waals surface area contributed by atoms with Crippen LogP contribution in [0.5, 0.6) is 5.75 Å². The number of amides is 1. The molecule has 45 heavy (non-hydrogen) atoms. The summed E-state index contributed by atoms with van der Waals surface area (Å²) in [6, 6.07) is 9.95. The summed E-state index contributed by atoms with van der Waals surface area (Å²) >= 11 is 1.05. The minimum Gasteiger partial charge on any atom is -0.496 e. The number of halogens is 3. The first kappa shape index (κ1) is 31.1. The number of anilines is 1. The molecule has 2 aliphatic rings. The van der Waals surface area contributed by atoms with E-state index in [2.05, 4.69) is 37.6 Å². The van der Waals surface area contributed by atoms with Gasteiger partial charge in [-0.2, -0.15) is 18.4 Å². The first-order valence-corrected chi connectivity index (χ1v) is 15.6. The number of aryl methyl sites for hydroxylation is 1. The third-order valence-corrected chi connectivity index (χ3v) is 9.61. The summed E-state index contributed by atoms with van der Waals surface area (Å²) in [6.07, 6.45) is -1.55. The third-order valence-electron chi connectivity index (χ3n) is 8.57. The largest absolute Gasteiger partial charge is 0.496 e. The van der Waals surface area contributed by atoms with Gasteiger partial charge >= 0.3 is 6.18 Å². The van der Waals surface area contributed by atoms with Crippen LogP contribution in [-0.4, -0.2) is 76.5 Å². The second-order valence-corrected chi connectivity index (χ2v) is 13.0. The number of fused-ring (bicyclic) bond motifs is 2. The molecule has 1 aromatic carbocycles. The number of nitrogens with one attached hydrogen (secondary N) is 2. The monoisotopic (exact) mass is 641 g/mol. The van der Waals surface area contributed by atoms with E-state index in [0.29, 0.717) is 47.8 Å². The van der Waals surface area contributed by atoms with Gasteiger partial charge in [0.1, 0.15) is 41.1 Å². The summed E-state index contributed by atoms with van der Waals surface area (Å²) in [4.78, 5) is 23.2. The molecule has 0 saturated carbocycles. The number of morpholine rings is 1. The summed E-state index contributed by atoms with van der Waals surface area (Å²) in [6.45, 7) is 5.28. The van der Waals surface area contributed by atoms with Crippen molar-refractivity contribution < 1.29 is 27.4 Å². The van der Waals surface area contributed by atoms with Crippen molar-refractivity contribution in [2.24, 2.45) is 0 Å². The lowest BCUT2D eigenvalue weighted by molar-refractivity contribution is -0.142. The summed E-state index contributed by atoms with van der Waals surface area (Å²) in [5.74, 6) is 1.19. The van der Waals surface area contributed by atoms with Crippen molar-refractivity contribution in [3.8, 4) is 11.8 Å². The summed E-state index contributed by atoms with van der Waals surface area (Å²) < 4.78 is 52.4. The molecule has 5 heterocycles. The number of nitrogens with zero attached hydrogens (tertiary/aromatic N) is 5. The van der Waals surface area contributed by atoms with E-state index >= 15 is 0 Å². The highest BCUT2D eigenvalue weighted by Crippen LogP contribution is 2.34. The third kappa shape index (κ3) is 7.00. The molecule has 6 rings (SSSR count). The Morgan fingerprint density at radius 1 is 1.24 bits per heavy atom. The predicted octanol–water partition coefficient (Wildman–Crippen LogP) is 5.00. The fourth-order valence-electron chi connectivity index (χ4n) is 6.10. The lowest BCUT2D eigenvalue weighted by Crippen LogP contribution is -2.51. The number of ether oxygens (including phenoxy) is 2. The van der Waals surface area contributed by atoms with E-state index in [0.717, 1.165) is 59.5 Å². The van der Waals surface area contributed by atoms with Crippen molar-refractivity contribution in [3.63, 3.8) is 0 Å². The molecule has 238 valence electrons. The Bertz CT molecular complexity index is 1750. The smallest absolute Gasteiger partial charge is 0.393 e. The average Bonchev–Trinajstić information content (AvgIpc) is 3.57. The van der Waals surface area contributed by atoms with Crippen LogP contribution in [0.1, 0.15) is 42.3 Å². The number of benzene rings is 1. The molecule has 0 bridgehead atoms. The van der Waals surface area contributed by atoms with Gasteiger partial charge in [-0.15, -0.1) is 11.3 Å². The number of methoxy groups -OCH3 is 1. The van der Waals surface area contributed by atoms with Crippen LogP contribution < -0.4 is 15.4 Å². The molecular weight excluding hydrogens is 607 g/mol. The van der Waals surface area contributed by atoms with E-state index in [9.17, 15) is 23.2 Å². The normalized spacial score (nSPS) is 20.0. The molecule has 2 N–H and O–H groups in total. The number of piperidine rings is 1. The van der Waals surface area contributed by atoms with Gasteiger partial charge in [-0.05, 0) is 44.4 Å². The van der Waals surface area contributed by atoms with Crippen LogP contribution in [0, 0.1) is 11.3 Å². The van der Waals surface area contributed by atoms with E-state index in [1.807, 2.05) is 23.6 Å². The minimum atomic E-state index is -4.27. The van der Waals surface area contributed by atoms with Gasteiger partial charge < -0.3 is 24.7 Å². The number of alkyl halides is 3. The van der Waals surface area contributed by atoms with Crippen LogP contribution >= 0.6 is 11.3 Å². The summed E-state index contributed by atoms with van der Waals surface area (Å²) in [7, 11) is 1.64. The Kier molecular flexibility index (Phi) is 8.60. The van der Waals surface area contributed by atoms with Crippen molar-refractivity contribution in [1.82, 2.24) is 24.8 Å². The second kappa shape index (κ2) is 12.5. The first-order valence-electron chi connectivity index (χ1n) is 14.8. The van der Waals surface area contributed by atoms with Gasteiger partial charge in [0.05, 0.1) is 30.0 Å². The molecule has 2 saturated heterocycles. The van der Waals surface area contributed by atoms with Gasteiger partial charge in [0.15, 0.2) is 0 Å². The number of hydrogen-bond acceptors (Lipinski definition) is 9. The topological polar surface area (TPSA) is 117 Å². The van der Waals surface area contributed by atoms with E-state index in [-0.39, 0.29) is 23.4 Å².